The molecule has 136 valence electrons. The van der Waals surface area contributed by atoms with Gasteiger partial charge in [-0.3, -0.25) is 14.3 Å². The van der Waals surface area contributed by atoms with Crippen molar-refractivity contribution >= 4 is 27.5 Å². The van der Waals surface area contributed by atoms with Crippen LogP contribution in [0.5, 0.6) is 0 Å². The Labute approximate surface area is 159 Å². The van der Waals surface area contributed by atoms with E-state index in [0.29, 0.717) is 24.7 Å². The summed E-state index contributed by atoms with van der Waals surface area (Å²) in [5.41, 5.74) is 2.29. The highest BCUT2D eigenvalue weighted by molar-refractivity contribution is 9.10. The van der Waals surface area contributed by atoms with Gasteiger partial charge in [0.2, 0.25) is 0 Å². The van der Waals surface area contributed by atoms with Crippen molar-refractivity contribution in [1.82, 2.24) is 29.7 Å². The molecule has 1 aliphatic rings. The zero-order valence-electron chi connectivity index (χ0n) is 14.8. The molecule has 3 aromatic rings. The number of nitrogens with zero attached hydrogens (tertiary/aromatic N) is 5. The zero-order chi connectivity index (χ0) is 18.3. The molecule has 0 saturated carbocycles. The molecule has 1 aliphatic heterocycles. The Morgan fingerprint density at radius 1 is 1.27 bits per heavy atom. The molecule has 4 rings (SSSR count). The highest BCUT2D eigenvalue weighted by Crippen LogP contribution is 2.30. The van der Waals surface area contributed by atoms with Crippen LogP contribution in [-0.2, 0) is 0 Å². The topological polar surface area (TPSA) is 79.2 Å². The Kier molecular flexibility index (Phi) is 4.52. The molecule has 0 atom stereocenters. The summed E-state index contributed by atoms with van der Waals surface area (Å²) in [6.45, 7) is 5.53. The van der Waals surface area contributed by atoms with Gasteiger partial charge in [0.1, 0.15) is 5.82 Å². The van der Waals surface area contributed by atoms with Crippen molar-refractivity contribution in [3.63, 3.8) is 0 Å². The lowest BCUT2D eigenvalue weighted by Crippen LogP contribution is -2.38. The second-order valence-electron chi connectivity index (χ2n) is 7.01. The average Bonchev–Trinajstić information content (AvgIpc) is 3.25. The molecule has 3 aromatic heterocycles. The van der Waals surface area contributed by atoms with Gasteiger partial charge in [0, 0.05) is 25.2 Å². The van der Waals surface area contributed by atoms with E-state index in [-0.39, 0.29) is 11.8 Å². The number of hydrogen-bond acceptors (Lipinski definition) is 4. The maximum absolute atomic E-state index is 12.8. The van der Waals surface area contributed by atoms with E-state index in [1.807, 2.05) is 33.7 Å². The number of piperidine rings is 1. The summed E-state index contributed by atoms with van der Waals surface area (Å²) in [5, 5.41) is 15.8. The van der Waals surface area contributed by atoms with Crippen LogP contribution in [0.15, 0.2) is 28.9 Å². The fourth-order valence-corrected chi connectivity index (χ4v) is 4.30. The van der Waals surface area contributed by atoms with Gasteiger partial charge in [-0.15, -0.1) is 10.2 Å². The largest absolute Gasteiger partial charge is 0.337 e. The van der Waals surface area contributed by atoms with Crippen LogP contribution in [0.2, 0.25) is 0 Å². The lowest BCUT2D eigenvalue weighted by atomic mass is 9.95. The second-order valence-corrected chi connectivity index (χ2v) is 7.80. The third-order valence-electron chi connectivity index (χ3n) is 5.00. The van der Waals surface area contributed by atoms with Gasteiger partial charge in [-0.1, -0.05) is 19.9 Å². The Morgan fingerprint density at radius 2 is 2.04 bits per heavy atom. The first-order valence-corrected chi connectivity index (χ1v) is 9.68. The van der Waals surface area contributed by atoms with Crippen molar-refractivity contribution in [2.45, 2.75) is 38.5 Å². The highest BCUT2D eigenvalue weighted by atomic mass is 79.9. The molecule has 0 spiro atoms. The van der Waals surface area contributed by atoms with Crippen molar-refractivity contribution < 1.29 is 4.79 Å². The zero-order valence-corrected chi connectivity index (χ0v) is 16.4. The summed E-state index contributed by atoms with van der Waals surface area (Å²) in [4.78, 5) is 14.7. The molecule has 0 aliphatic carbocycles. The lowest BCUT2D eigenvalue weighted by Gasteiger charge is -2.30. The number of rotatable bonds is 3. The van der Waals surface area contributed by atoms with Crippen LogP contribution in [0, 0.1) is 0 Å². The van der Waals surface area contributed by atoms with Crippen LogP contribution < -0.4 is 0 Å². The predicted molar refractivity (Wildman–Crippen MR) is 101 cm³/mol. The first-order valence-electron chi connectivity index (χ1n) is 8.89. The van der Waals surface area contributed by atoms with E-state index in [2.05, 4.69) is 50.2 Å². The average molecular weight is 417 g/mol. The third-order valence-corrected chi connectivity index (χ3v) is 5.80. The molecule has 0 radical (unpaired) electrons. The molecule has 0 aromatic carbocycles. The number of nitrogens with one attached hydrogen (secondary N) is 1. The number of carbonyl (C=O) groups excluding carboxylic acids is 1. The summed E-state index contributed by atoms with van der Waals surface area (Å²) >= 11 is 3.53. The third kappa shape index (κ3) is 2.92. The molecule has 8 heteroatoms. The van der Waals surface area contributed by atoms with Crippen LogP contribution in [0.3, 0.4) is 0 Å². The first kappa shape index (κ1) is 17.2. The monoisotopic (exact) mass is 416 g/mol. The molecule has 4 heterocycles. The number of hydrogen-bond donors (Lipinski definition) is 1. The van der Waals surface area contributed by atoms with E-state index in [0.717, 1.165) is 34.5 Å². The van der Waals surface area contributed by atoms with Crippen LogP contribution in [-0.4, -0.2) is 48.7 Å². The summed E-state index contributed by atoms with van der Waals surface area (Å²) < 4.78 is 2.82. The number of aromatic amines is 1. The van der Waals surface area contributed by atoms with Crippen molar-refractivity contribution in [3.8, 4) is 0 Å². The number of aromatic nitrogens is 5. The highest BCUT2D eigenvalue weighted by Gasteiger charge is 2.30. The lowest BCUT2D eigenvalue weighted by molar-refractivity contribution is 0.0704. The standard InChI is InChI=1S/C18H21BrN6O/c1-11(2)15-14(19)16(22-21-15)18(26)24-9-6-12(7-10-24)17-23-20-13-5-3-4-8-25(13)17/h3-5,8,11-12H,6-7,9-10H2,1-2H3,(H,21,22). The van der Waals surface area contributed by atoms with E-state index < -0.39 is 0 Å². The smallest absolute Gasteiger partial charge is 0.275 e. The van der Waals surface area contributed by atoms with Gasteiger partial charge >= 0.3 is 0 Å². The van der Waals surface area contributed by atoms with Gasteiger partial charge < -0.3 is 4.90 Å². The van der Waals surface area contributed by atoms with E-state index in [1.54, 1.807) is 0 Å². The van der Waals surface area contributed by atoms with E-state index in [1.165, 1.54) is 0 Å². The van der Waals surface area contributed by atoms with Gasteiger partial charge in [-0.05, 0) is 46.8 Å². The number of pyridine rings is 1. The molecule has 1 fully saturated rings. The Hall–Kier alpha value is -2.22. The predicted octanol–water partition coefficient (Wildman–Crippen LogP) is 3.36. The van der Waals surface area contributed by atoms with Crippen LogP contribution in [0.25, 0.3) is 5.65 Å². The molecule has 1 N–H and O–H groups in total. The molecular weight excluding hydrogens is 396 g/mol. The fourth-order valence-electron chi connectivity index (χ4n) is 3.49. The number of likely N-dealkylation sites (tertiary alicyclic amines) is 1. The Morgan fingerprint density at radius 3 is 2.73 bits per heavy atom. The van der Waals surface area contributed by atoms with Crippen molar-refractivity contribution in [2.75, 3.05) is 13.1 Å². The minimum Gasteiger partial charge on any atom is -0.337 e. The van der Waals surface area contributed by atoms with E-state index >= 15 is 0 Å². The number of halogens is 1. The quantitative estimate of drug-likeness (QED) is 0.709. The van der Waals surface area contributed by atoms with E-state index in [9.17, 15) is 4.79 Å². The van der Waals surface area contributed by atoms with Crippen molar-refractivity contribution in [1.29, 1.82) is 0 Å². The van der Waals surface area contributed by atoms with Gasteiger partial charge in [0.05, 0.1) is 10.2 Å². The number of fused-ring (bicyclic) bond motifs is 1. The van der Waals surface area contributed by atoms with Crippen molar-refractivity contribution in [3.05, 3.63) is 46.1 Å². The fraction of sp³-hybridized carbons (Fsp3) is 0.444. The maximum Gasteiger partial charge on any atom is 0.275 e. The van der Waals surface area contributed by atoms with Crippen LogP contribution in [0.4, 0.5) is 0 Å². The molecule has 1 saturated heterocycles. The maximum atomic E-state index is 12.8. The minimum absolute atomic E-state index is 0.0235. The molecule has 0 unspecified atom stereocenters. The Balaban J connectivity index is 1.47. The van der Waals surface area contributed by atoms with Crippen LogP contribution >= 0.6 is 15.9 Å². The number of carbonyl (C=O) groups is 1. The second kappa shape index (κ2) is 6.83. The number of amides is 1. The van der Waals surface area contributed by atoms with Crippen LogP contribution in [0.1, 0.15) is 60.5 Å². The molecule has 26 heavy (non-hydrogen) atoms. The van der Waals surface area contributed by atoms with Crippen molar-refractivity contribution in [2.24, 2.45) is 0 Å². The molecule has 1 amide bonds. The summed E-state index contributed by atoms with van der Waals surface area (Å²) in [6.07, 6.45) is 3.75. The summed E-state index contributed by atoms with van der Waals surface area (Å²) in [7, 11) is 0. The van der Waals surface area contributed by atoms with Gasteiger partial charge in [0.25, 0.3) is 5.91 Å². The van der Waals surface area contributed by atoms with Gasteiger partial charge in [-0.25, -0.2) is 0 Å². The first-order chi connectivity index (χ1) is 12.6. The summed E-state index contributed by atoms with van der Waals surface area (Å²) in [5.74, 6) is 1.55. The summed E-state index contributed by atoms with van der Waals surface area (Å²) in [6, 6.07) is 5.90. The number of H-pyrrole nitrogens is 1. The SMILES string of the molecule is CC(C)c1[nH]nc(C(=O)N2CCC(c3nnc4ccccn34)CC2)c1Br. The van der Waals surface area contributed by atoms with Gasteiger partial charge in [-0.2, -0.15) is 5.10 Å². The Bertz CT molecular complexity index is 938. The van der Waals surface area contributed by atoms with E-state index in [4.69, 9.17) is 0 Å². The minimum atomic E-state index is -0.0235. The molecule has 7 nitrogen and oxygen atoms in total. The molecule has 0 bridgehead atoms. The molecular formula is C18H21BrN6O. The normalized spacial score (nSPS) is 15.9. The van der Waals surface area contributed by atoms with Gasteiger partial charge in [0.15, 0.2) is 11.3 Å².